The summed E-state index contributed by atoms with van der Waals surface area (Å²) in [7, 11) is 0. The van der Waals surface area contributed by atoms with Crippen LogP contribution in [0, 0.1) is 5.82 Å². The number of carbonyl (C=O) groups excluding carboxylic acids is 1. The lowest BCUT2D eigenvalue weighted by Crippen LogP contribution is -2.27. The van der Waals surface area contributed by atoms with Crippen LogP contribution in [0.15, 0.2) is 85.3 Å². The van der Waals surface area contributed by atoms with Gasteiger partial charge in [0.15, 0.2) is 5.82 Å². The largest absolute Gasteiger partial charge is 0.345 e. The second-order valence-electron chi connectivity index (χ2n) is 6.47. The van der Waals surface area contributed by atoms with Crippen LogP contribution < -0.4 is 5.32 Å². The molecule has 2 aromatic heterocycles. The van der Waals surface area contributed by atoms with E-state index in [4.69, 9.17) is 0 Å². The van der Waals surface area contributed by atoms with Crippen LogP contribution >= 0.6 is 0 Å². The molecule has 4 aromatic rings. The normalized spacial score (nSPS) is 11.9. The second kappa shape index (κ2) is 7.52. The van der Waals surface area contributed by atoms with Crippen LogP contribution in [0.2, 0.25) is 0 Å². The molecule has 1 N–H and O–H groups in total. The van der Waals surface area contributed by atoms with Crippen molar-refractivity contribution in [1.82, 2.24) is 19.7 Å². The lowest BCUT2D eigenvalue weighted by molar-refractivity contribution is 0.0940. The van der Waals surface area contributed by atoms with E-state index in [1.54, 1.807) is 21.4 Å². The third-order valence-electron chi connectivity index (χ3n) is 4.54. The Hall–Kier alpha value is -3.67. The predicted molar refractivity (Wildman–Crippen MR) is 105 cm³/mol. The maximum atomic E-state index is 13.7. The Morgan fingerprint density at radius 2 is 1.79 bits per heavy atom. The molecule has 1 amide bonds. The Morgan fingerprint density at radius 1 is 1.04 bits per heavy atom. The summed E-state index contributed by atoms with van der Waals surface area (Å²) in [6.45, 7) is 1.93. The molecule has 0 aliphatic rings. The summed E-state index contributed by atoms with van der Waals surface area (Å²) in [5, 5.41) is 7.36. The first-order valence-corrected chi connectivity index (χ1v) is 8.96. The topological polar surface area (TPSA) is 51.9 Å². The van der Waals surface area contributed by atoms with Gasteiger partial charge in [-0.1, -0.05) is 36.4 Å². The fraction of sp³-hybridized carbons (Fsp3) is 0.0909. The van der Waals surface area contributed by atoms with Gasteiger partial charge in [-0.25, -0.2) is 9.07 Å². The molecule has 0 fully saturated rings. The van der Waals surface area contributed by atoms with Crippen molar-refractivity contribution >= 4 is 5.91 Å². The maximum Gasteiger partial charge on any atom is 0.257 e. The first-order valence-electron chi connectivity index (χ1n) is 8.96. The summed E-state index contributed by atoms with van der Waals surface area (Å²) in [5.41, 5.74) is 1.96. The minimum absolute atomic E-state index is 0.163. The average molecular weight is 374 g/mol. The Balaban J connectivity index is 1.72. The highest BCUT2D eigenvalue weighted by molar-refractivity contribution is 5.97. The van der Waals surface area contributed by atoms with Crippen LogP contribution in [0.4, 0.5) is 4.39 Å². The molecule has 0 radical (unpaired) electrons. The van der Waals surface area contributed by atoms with Crippen molar-refractivity contribution in [2.75, 3.05) is 0 Å². The number of rotatable bonds is 5. The van der Waals surface area contributed by atoms with E-state index in [1.165, 1.54) is 18.3 Å². The van der Waals surface area contributed by atoms with E-state index < -0.39 is 0 Å². The second-order valence-corrected chi connectivity index (χ2v) is 6.47. The molecule has 0 aliphatic heterocycles. The number of hydrogen-bond donors (Lipinski definition) is 1. The first-order chi connectivity index (χ1) is 13.6. The summed E-state index contributed by atoms with van der Waals surface area (Å²) in [4.78, 5) is 13.0. The molecule has 1 atom stereocenters. The van der Waals surface area contributed by atoms with Crippen molar-refractivity contribution in [3.8, 4) is 11.5 Å². The molecule has 0 saturated heterocycles. The minimum atomic E-state index is -0.366. The summed E-state index contributed by atoms with van der Waals surface area (Å²) in [6.07, 6.45) is 5.15. The zero-order valence-electron chi connectivity index (χ0n) is 15.3. The summed E-state index contributed by atoms with van der Waals surface area (Å²) in [5.74, 6) is -0.0637. The molecule has 6 heteroatoms. The number of amides is 1. The number of benzene rings is 2. The maximum absolute atomic E-state index is 13.7. The highest BCUT2D eigenvalue weighted by Gasteiger charge is 2.21. The number of nitrogens with one attached hydrogen (secondary N) is 1. The smallest absolute Gasteiger partial charge is 0.257 e. The molecule has 5 nitrogen and oxygen atoms in total. The van der Waals surface area contributed by atoms with Gasteiger partial charge < -0.3 is 9.88 Å². The van der Waals surface area contributed by atoms with Crippen molar-refractivity contribution < 1.29 is 9.18 Å². The molecule has 0 aliphatic carbocycles. The quantitative estimate of drug-likeness (QED) is 0.566. The van der Waals surface area contributed by atoms with E-state index in [-0.39, 0.29) is 17.8 Å². The molecular formula is C22H19FN4O. The third kappa shape index (κ3) is 3.44. The SMILES string of the molecule is C[C@H](NC(=O)c1cnn(-c2cccc(F)c2)c1-n1cccc1)c1ccccc1. The van der Waals surface area contributed by atoms with Crippen LogP contribution in [-0.2, 0) is 0 Å². The highest BCUT2D eigenvalue weighted by atomic mass is 19.1. The van der Waals surface area contributed by atoms with Crippen molar-refractivity contribution in [3.05, 3.63) is 102 Å². The van der Waals surface area contributed by atoms with Gasteiger partial charge in [-0.2, -0.15) is 5.10 Å². The summed E-state index contributed by atoms with van der Waals surface area (Å²) in [6, 6.07) is 19.4. The van der Waals surface area contributed by atoms with Crippen molar-refractivity contribution in [2.45, 2.75) is 13.0 Å². The van der Waals surface area contributed by atoms with E-state index in [9.17, 15) is 9.18 Å². The standard InChI is InChI=1S/C22H19FN4O/c1-16(17-8-3-2-4-9-17)25-21(28)20-15-24-27(19-11-7-10-18(23)14-19)22(20)26-12-5-6-13-26/h2-16H,1H3,(H,25,28)/t16-/m0/s1. The van der Waals surface area contributed by atoms with Gasteiger partial charge in [0.2, 0.25) is 0 Å². The Labute approximate surface area is 162 Å². The van der Waals surface area contributed by atoms with Crippen LogP contribution in [0.5, 0.6) is 0 Å². The van der Waals surface area contributed by atoms with Gasteiger partial charge in [0.1, 0.15) is 11.4 Å². The molecule has 2 aromatic carbocycles. The molecule has 4 rings (SSSR count). The van der Waals surface area contributed by atoms with E-state index in [1.807, 2.05) is 61.8 Å². The molecule has 0 bridgehead atoms. The van der Waals surface area contributed by atoms with Crippen LogP contribution in [0.25, 0.3) is 11.5 Å². The fourth-order valence-electron chi connectivity index (χ4n) is 3.12. The van der Waals surface area contributed by atoms with Gasteiger partial charge in [0.25, 0.3) is 5.91 Å². The van der Waals surface area contributed by atoms with Gasteiger partial charge in [0, 0.05) is 12.4 Å². The van der Waals surface area contributed by atoms with E-state index >= 15 is 0 Å². The van der Waals surface area contributed by atoms with Gasteiger partial charge in [0.05, 0.1) is 17.9 Å². The first kappa shape index (κ1) is 17.7. The number of aromatic nitrogens is 3. The summed E-state index contributed by atoms with van der Waals surface area (Å²) < 4.78 is 17.1. The number of hydrogen-bond acceptors (Lipinski definition) is 2. The predicted octanol–water partition coefficient (Wildman–Crippen LogP) is 4.29. The van der Waals surface area contributed by atoms with E-state index in [0.717, 1.165) is 5.56 Å². The monoisotopic (exact) mass is 374 g/mol. The lowest BCUT2D eigenvalue weighted by Gasteiger charge is -2.15. The number of nitrogens with zero attached hydrogens (tertiary/aromatic N) is 3. The zero-order chi connectivity index (χ0) is 19.5. The number of halogens is 1. The molecule has 140 valence electrons. The lowest BCUT2D eigenvalue weighted by atomic mass is 10.1. The Kier molecular flexibility index (Phi) is 4.76. The fourth-order valence-corrected chi connectivity index (χ4v) is 3.12. The molecule has 0 spiro atoms. The molecule has 0 unspecified atom stereocenters. The molecule has 2 heterocycles. The van der Waals surface area contributed by atoms with Crippen LogP contribution in [-0.4, -0.2) is 20.3 Å². The minimum Gasteiger partial charge on any atom is -0.345 e. The van der Waals surface area contributed by atoms with Gasteiger partial charge in [-0.3, -0.25) is 4.79 Å². The van der Waals surface area contributed by atoms with Gasteiger partial charge >= 0.3 is 0 Å². The number of carbonyl (C=O) groups is 1. The van der Waals surface area contributed by atoms with Crippen LogP contribution in [0.1, 0.15) is 28.9 Å². The van der Waals surface area contributed by atoms with Crippen molar-refractivity contribution in [3.63, 3.8) is 0 Å². The summed E-state index contributed by atoms with van der Waals surface area (Å²) >= 11 is 0. The highest BCUT2D eigenvalue weighted by Crippen LogP contribution is 2.21. The third-order valence-corrected chi connectivity index (χ3v) is 4.54. The van der Waals surface area contributed by atoms with Gasteiger partial charge in [-0.15, -0.1) is 0 Å². The van der Waals surface area contributed by atoms with Gasteiger partial charge in [-0.05, 0) is 42.8 Å². The van der Waals surface area contributed by atoms with Crippen molar-refractivity contribution in [2.24, 2.45) is 0 Å². The van der Waals surface area contributed by atoms with E-state index in [0.29, 0.717) is 17.1 Å². The molecule has 28 heavy (non-hydrogen) atoms. The Bertz CT molecular complexity index is 1090. The average Bonchev–Trinajstić information content (AvgIpc) is 3.38. The molecule has 0 saturated carbocycles. The molecular weight excluding hydrogens is 355 g/mol. The van der Waals surface area contributed by atoms with E-state index in [2.05, 4.69) is 10.4 Å². The Morgan fingerprint density at radius 3 is 2.50 bits per heavy atom. The zero-order valence-corrected chi connectivity index (χ0v) is 15.3. The van der Waals surface area contributed by atoms with Crippen molar-refractivity contribution in [1.29, 1.82) is 0 Å². The van der Waals surface area contributed by atoms with Crippen LogP contribution in [0.3, 0.4) is 0 Å².